The average molecular weight is 296 g/mol. The van der Waals surface area contributed by atoms with Crippen LogP contribution in [0.1, 0.15) is 33.1 Å². The largest absolute Gasteiger partial charge is 0.393 e. The van der Waals surface area contributed by atoms with Crippen LogP contribution in [-0.4, -0.2) is 33.9 Å². The van der Waals surface area contributed by atoms with Crippen LogP contribution in [0, 0.1) is 5.92 Å². The number of unbranched alkanes of at least 4 members (excludes halogenated alkanes) is 1. The van der Waals surface area contributed by atoms with E-state index in [-0.39, 0.29) is 17.8 Å². The van der Waals surface area contributed by atoms with Crippen molar-refractivity contribution in [2.45, 2.75) is 45.8 Å². The Labute approximate surface area is 123 Å². The highest BCUT2D eigenvalue weighted by atomic mass is 16.3. The molecule has 1 aliphatic rings. The van der Waals surface area contributed by atoms with Gasteiger partial charge in [0.1, 0.15) is 11.5 Å². The molecule has 21 heavy (non-hydrogen) atoms. The zero-order valence-corrected chi connectivity index (χ0v) is 12.6. The third kappa shape index (κ3) is 3.12. The highest BCUT2D eigenvalue weighted by Crippen LogP contribution is 2.24. The summed E-state index contributed by atoms with van der Waals surface area (Å²) in [5, 5.41) is 9.80. The molecule has 1 aromatic heterocycles. The van der Waals surface area contributed by atoms with E-state index in [1.807, 2.05) is 18.7 Å². The minimum Gasteiger partial charge on any atom is -0.393 e. The number of piperidine rings is 1. The summed E-state index contributed by atoms with van der Waals surface area (Å²) in [5.74, 6) is 0.286. The fraction of sp³-hybridized carbons (Fsp3) is 0.714. The summed E-state index contributed by atoms with van der Waals surface area (Å²) in [7, 11) is 0. The lowest BCUT2D eigenvalue weighted by molar-refractivity contribution is 0.0970. The van der Waals surface area contributed by atoms with Crippen LogP contribution in [0.3, 0.4) is 0 Å². The van der Waals surface area contributed by atoms with Crippen LogP contribution >= 0.6 is 0 Å². The van der Waals surface area contributed by atoms with Crippen LogP contribution in [0.5, 0.6) is 0 Å². The number of rotatable bonds is 4. The number of nitrogen functional groups attached to an aromatic ring is 1. The van der Waals surface area contributed by atoms with E-state index >= 15 is 0 Å². The molecule has 1 saturated heterocycles. The lowest BCUT2D eigenvalue weighted by Gasteiger charge is -2.36. The summed E-state index contributed by atoms with van der Waals surface area (Å²) in [6.07, 6.45) is 2.00. The molecule has 2 heterocycles. The molecular formula is C14H24N4O3. The number of aromatic nitrogens is 2. The van der Waals surface area contributed by atoms with Crippen molar-refractivity contribution in [3.8, 4) is 0 Å². The maximum atomic E-state index is 12.1. The molecule has 1 aromatic rings. The van der Waals surface area contributed by atoms with Gasteiger partial charge < -0.3 is 15.7 Å². The topological polar surface area (TPSA) is 104 Å². The van der Waals surface area contributed by atoms with Crippen LogP contribution in [-0.2, 0) is 6.54 Å². The van der Waals surface area contributed by atoms with Crippen LogP contribution in [0.4, 0.5) is 11.5 Å². The van der Waals surface area contributed by atoms with Gasteiger partial charge in [-0.15, -0.1) is 0 Å². The number of aromatic amines is 1. The molecule has 118 valence electrons. The molecule has 2 atom stereocenters. The van der Waals surface area contributed by atoms with Crippen molar-refractivity contribution >= 4 is 11.5 Å². The fourth-order valence-corrected chi connectivity index (χ4v) is 2.76. The van der Waals surface area contributed by atoms with Gasteiger partial charge in [-0.05, 0) is 18.8 Å². The molecule has 0 aliphatic carbocycles. The lowest BCUT2D eigenvalue weighted by Crippen LogP contribution is -2.46. The van der Waals surface area contributed by atoms with Gasteiger partial charge in [-0.1, -0.05) is 20.3 Å². The summed E-state index contributed by atoms with van der Waals surface area (Å²) in [6.45, 7) is 5.58. The van der Waals surface area contributed by atoms with E-state index in [9.17, 15) is 14.7 Å². The molecule has 1 fully saturated rings. The summed E-state index contributed by atoms with van der Waals surface area (Å²) in [4.78, 5) is 28.2. The number of hydrogen-bond acceptors (Lipinski definition) is 5. The number of aliphatic hydroxyl groups excluding tert-OH is 1. The average Bonchev–Trinajstić information content (AvgIpc) is 2.42. The molecular weight excluding hydrogens is 272 g/mol. The van der Waals surface area contributed by atoms with E-state index in [1.54, 1.807) is 0 Å². The van der Waals surface area contributed by atoms with Gasteiger partial charge in [-0.3, -0.25) is 14.3 Å². The zero-order chi connectivity index (χ0) is 15.6. The Kier molecular flexibility index (Phi) is 4.72. The van der Waals surface area contributed by atoms with Crippen molar-refractivity contribution in [2.24, 2.45) is 5.92 Å². The second-order valence-electron chi connectivity index (χ2n) is 5.78. The summed E-state index contributed by atoms with van der Waals surface area (Å²) < 4.78 is 1.43. The summed E-state index contributed by atoms with van der Waals surface area (Å²) >= 11 is 0. The van der Waals surface area contributed by atoms with Crippen LogP contribution in [0.2, 0.25) is 0 Å². The van der Waals surface area contributed by atoms with Gasteiger partial charge in [0.2, 0.25) is 0 Å². The van der Waals surface area contributed by atoms with E-state index in [2.05, 4.69) is 4.98 Å². The molecule has 2 unspecified atom stereocenters. The first-order valence-corrected chi connectivity index (χ1v) is 7.51. The molecule has 0 saturated carbocycles. The maximum absolute atomic E-state index is 12.1. The monoisotopic (exact) mass is 296 g/mol. The van der Waals surface area contributed by atoms with Gasteiger partial charge in [0.05, 0.1) is 6.10 Å². The van der Waals surface area contributed by atoms with Gasteiger partial charge in [-0.25, -0.2) is 4.79 Å². The Bertz CT molecular complexity index is 607. The fourth-order valence-electron chi connectivity index (χ4n) is 2.76. The normalized spacial score (nSPS) is 22.5. The van der Waals surface area contributed by atoms with E-state index in [4.69, 9.17) is 5.73 Å². The van der Waals surface area contributed by atoms with Crippen molar-refractivity contribution in [3.05, 3.63) is 20.8 Å². The number of hydrogen-bond donors (Lipinski definition) is 3. The van der Waals surface area contributed by atoms with E-state index in [0.29, 0.717) is 31.7 Å². The van der Waals surface area contributed by atoms with E-state index in [1.165, 1.54) is 4.57 Å². The van der Waals surface area contributed by atoms with Gasteiger partial charge >= 0.3 is 5.69 Å². The minimum absolute atomic E-state index is 0.0635. The molecule has 0 amide bonds. The first-order chi connectivity index (χ1) is 9.95. The highest BCUT2D eigenvalue weighted by Gasteiger charge is 2.28. The third-order valence-corrected chi connectivity index (χ3v) is 4.13. The van der Waals surface area contributed by atoms with E-state index in [0.717, 1.165) is 12.8 Å². The van der Waals surface area contributed by atoms with Gasteiger partial charge in [0, 0.05) is 19.6 Å². The second-order valence-corrected chi connectivity index (χ2v) is 5.78. The number of nitrogens with zero attached hydrogens (tertiary/aromatic N) is 2. The Balaban J connectivity index is 2.39. The SMILES string of the molecule is CCCCn1c(N)c(N2CCC(O)C(C)C2)c(=O)[nH]c1=O. The van der Waals surface area contributed by atoms with Crippen molar-refractivity contribution < 1.29 is 5.11 Å². The Morgan fingerprint density at radius 1 is 1.43 bits per heavy atom. The molecule has 2 rings (SSSR count). The molecule has 0 bridgehead atoms. The van der Waals surface area contributed by atoms with Crippen LogP contribution in [0.15, 0.2) is 9.59 Å². The third-order valence-electron chi connectivity index (χ3n) is 4.13. The van der Waals surface area contributed by atoms with Gasteiger partial charge in [0.15, 0.2) is 0 Å². The summed E-state index contributed by atoms with van der Waals surface area (Å²) in [6, 6.07) is 0. The Morgan fingerprint density at radius 3 is 2.76 bits per heavy atom. The lowest BCUT2D eigenvalue weighted by atomic mass is 9.96. The summed E-state index contributed by atoms with van der Waals surface area (Å²) in [5.41, 5.74) is 5.52. The van der Waals surface area contributed by atoms with E-state index < -0.39 is 11.2 Å². The predicted octanol–water partition coefficient (Wildman–Crippen LogP) is 0.126. The second kappa shape index (κ2) is 6.34. The first-order valence-electron chi connectivity index (χ1n) is 7.51. The van der Waals surface area contributed by atoms with Crippen molar-refractivity contribution in [1.82, 2.24) is 9.55 Å². The van der Waals surface area contributed by atoms with Crippen molar-refractivity contribution in [2.75, 3.05) is 23.7 Å². The highest BCUT2D eigenvalue weighted by molar-refractivity contribution is 5.62. The first kappa shape index (κ1) is 15.6. The molecule has 0 spiro atoms. The molecule has 4 N–H and O–H groups in total. The van der Waals surface area contributed by atoms with Crippen molar-refractivity contribution in [3.63, 3.8) is 0 Å². The molecule has 1 aliphatic heterocycles. The van der Waals surface area contributed by atoms with Gasteiger partial charge in [0.25, 0.3) is 5.56 Å². The number of nitrogens with one attached hydrogen (secondary N) is 1. The van der Waals surface area contributed by atoms with Gasteiger partial charge in [-0.2, -0.15) is 0 Å². The number of anilines is 2. The minimum atomic E-state index is -0.459. The Morgan fingerprint density at radius 2 is 2.14 bits per heavy atom. The zero-order valence-electron chi connectivity index (χ0n) is 12.6. The van der Waals surface area contributed by atoms with Crippen LogP contribution < -0.4 is 21.9 Å². The number of H-pyrrole nitrogens is 1. The standard InChI is InChI=1S/C14H24N4O3/c1-3-4-6-18-12(15)11(13(20)16-14(18)21)17-7-5-10(19)9(2)8-17/h9-10,19H,3-8,15H2,1-2H3,(H,16,20,21). The molecule has 0 radical (unpaired) electrons. The number of aliphatic hydroxyl groups is 1. The predicted molar refractivity (Wildman–Crippen MR) is 82.6 cm³/mol. The maximum Gasteiger partial charge on any atom is 0.330 e. The Hall–Kier alpha value is -1.76. The molecule has 0 aromatic carbocycles. The smallest absolute Gasteiger partial charge is 0.330 e. The molecule has 7 nitrogen and oxygen atoms in total. The van der Waals surface area contributed by atoms with Crippen LogP contribution in [0.25, 0.3) is 0 Å². The quantitative estimate of drug-likeness (QED) is 0.732. The number of nitrogens with two attached hydrogens (primary N) is 1. The molecule has 7 heteroatoms. The van der Waals surface area contributed by atoms with Crippen molar-refractivity contribution in [1.29, 1.82) is 0 Å².